The molecule has 0 aliphatic carbocycles. The second kappa shape index (κ2) is 8.46. The maximum atomic E-state index is 15.2. The van der Waals surface area contributed by atoms with E-state index in [0.29, 0.717) is 45.9 Å². The quantitative estimate of drug-likeness (QED) is 0.410. The summed E-state index contributed by atoms with van der Waals surface area (Å²) < 4.78 is 44.3. The third-order valence-electron chi connectivity index (χ3n) is 6.69. The molecule has 0 bridgehead atoms. The lowest BCUT2D eigenvalue weighted by molar-refractivity contribution is 0.423. The van der Waals surface area contributed by atoms with Crippen LogP contribution in [0.3, 0.4) is 0 Å². The predicted octanol–water partition coefficient (Wildman–Crippen LogP) is 4.15. The number of fused-ring (bicyclic) bond motifs is 1. The SMILES string of the molecule is C=S(=O)(c1ccc(Cl)cc1)C1(c2cc(F)ccc2F)CCN(c2nc(N)c3c(ncn3C)n2)CC1. The van der Waals surface area contributed by atoms with Crippen molar-refractivity contribution in [2.75, 3.05) is 23.7 Å². The molecule has 4 aromatic rings. The van der Waals surface area contributed by atoms with Crippen LogP contribution in [0.2, 0.25) is 5.02 Å². The van der Waals surface area contributed by atoms with Crippen molar-refractivity contribution in [3.8, 4) is 0 Å². The third kappa shape index (κ3) is 3.81. The zero-order chi connectivity index (χ0) is 25.0. The van der Waals surface area contributed by atoms with Crippen LogP contribution in [0.5, 0.6) is 0 Å². The number of rotatable bonds is 4. The number of piperidine rings is 1. The minimum absolute atomic E-state index is 0.0488. The lowest BCUT2D eigenvalue weighted by Crippen LogP contribution is -2.48. The van der Waals surface area contributed by atoms with Gasteiger partial charge in [0.25, 0.3) is 0 Å². The molecule has 0 spiro atoms. The molecule has 0 amide bonds. The normalized spacial score (nSPS) is 17.4. The van der Waals surface area contributed by atoms with Gasteiger partial charge in [-0.25, -0.2) is 13.8 Å². The van der Waals surface area contributed by atoms with Gasteiger partial charge in [-0.1, -0.05) is 11.6 Å². The van der Waals surface area contributed by atoms with Gasteiger partial charge in [0, 0.05) is 45.1 Å². The van der Waals surface area contributed by atoms with Crippen molar-refractivity contribution in [2.45, 2.75) is 22.5 Å². The summed E-state index contributed by atoms with van der Waals surface area (Å²) in [5.74, 6) is 3.52. The highest BCUT2D eigenvalue weighted by atomic mass is 35.5. The highest BCUT2D eigenvalue weighted by molar-refractivity contribution is 8.01. The van der Waals surface area contributed by atoms with Gasteiger partial charge in [-0.15, -0.1) is 0 Å². The van der Waals surface area contributed by atoms with E-state index in [2.05, 4.69) is 20.8 Å². The molecular weight excluding hydrogens is 494 g/mol. The first-order valence-electron chi connectivity index (χ1n) is 10.9. The fourth-order valence-corrected chi connectivity index (χ4v) is 7.29. The van der Waals surface area contributed by atoms with Crippen molar-refractivity contribution < 1.29 is 13.0 Å². The molecule has 0 saturated carbocycles. The lowest BCUT2D eigenvalue weighted by Gasteiger charge is -2.44. The molecule has 3 heterocycles. The summed E-state index contributed by atoms with van der Waals surface area (Å²) in [6.45, 7) is 0.654. The molecule has 35 heavy (non-hydrogen) atoms. The van der Waals surface area contributed by atoms with Crippen LogP contribution in [0.1, 0.15) is 18.4 Å². The van der Waals surface area contributed by atoms with Crippen molar-refractivity contribution in [2.24, 2.45) is 7.05 Å². The van der Waals surface area contributed by atoms with Gasteiger partial charge in [-0.05, 0) is 61.2 Å². The van der Waals surface area contributed by atoms with Crippen molar-refractivity contribution in [1.29, 1.82) is 0 Å². The Morgan fingerprint density at radius 2 is 1.80 bits per heavy atom. The van der Waals surface area contributed by atoms with Gasteiger partial charge >= 0.3 is 0 Å². The predicted molar refractivity (Wildman–Crippen MR) is 135 cm³/mol. The first-order valence-corrected chi connectivity index (χ1v) is 13.0. The molecule has 182 valence electrons. The van der Waals surface area contributed by atoms with Crippen molar-refractivity contribution in [3.05, 3.63) is 71.0 Å². The Kier molecular flexibility index (Phi) is 5.68. The molecule has 1 aliphatic heterocycles. The fraction of sp³-hybridized carbons (Fsp3) is 0.250. The third-order valence-corrected chi connectivity index (χ3v) is 9.86. The van der Waals surface area contributed by atoms with E-state index in [1.165, 1.54) is 0 Å². The van der Waals surface area contributed by atoms with Crippen LogP contribution in [0, 0.1) is 11.6 Å². The Morgan fingerprint density at radius 1 is 1.11 bits per heavy atom. The smallest absolute Gasteiger partial charge is 0.229 e. The number of halogens is 3. The largest absolute Gasteiger partial charge is 0.382 e. The number of aryl methyl sites for hydroxylation is 1. The van der Waals surface area contributed by atoms with Gasteiger partial charge < -0.3 is 15.2 Å². The Hall–Kier alpha value is -3.24. The number of benzene rings is 2. The molecule has 2 aromatic carbocycles. The summed E-state index contributed by atoms with van der Waals surface area (Å²) >= 11 is 6.03. The molecule has 1 fully saturated rings. The Balaban J connectivity index is 1.57. The van der Waals surface area contributed by atoms with E-state index in [4.69, 9.17) is 17.3 Å². The molecule has 1 atom stereocenters. The molecule has 7 nitrogen and oxygen atoms in total. The molecular formula is C24H23ClF2N6OS. The molecule has 0 radical (unpaired) electrons. The maximum absolute atomic E-state index is 15.2. The number of nitrogens with two attached hydrogens (primary N) is 1. The number of nitrogen functional groups attached to an aromatic ring is 1. The van der Waals surface area contributed by atoms with Gasteiger partial charge in [0.1, 0.15) is 17.2 Å². The van der Waals surface area contributed by atoms with Crippen LogP contribution in [-0.4, -0.2) is 42.7 Å². The zero-order valence-corrected chi connectivity index (χ0v) is 20.5. The topological polar surface area (TPSA) is 89.9 Å². The minimum Gasteiger partial charge on any atom is -0.382 e. The highest BCUT2D eigenvalue weighted by Gasteiger charge is 2.46. The van der Waals surface area contributed by atoms with Crippen LogP contribution in [0.15, 0.2) is 53.7 Å². The fourth-order valence-electron chi connectivity index (χ4n) is 4.79. The van der Waals surface area contributed by atoms with E-state index < -0.39 is 25.9 Å². The Labute approximate surface area is 206 Å². The number of nitrogens with zero attached hydrogens (tertiary/aromatic N) is 5. The summed E-state index contributed by atoms with van der Waals surface area (Å²) in [5.41, 5.74) is 7.29. The van der Waals surface area contributed by atoms with E-state index >= 15 is 4.39 Å². The Bertz CT molecular complexity index is 1530. The first-order chi connectivity index (χ1) is 16.6. The van der Waals surface area contributed by atoms with E-state index in [1.54, 1.807) is 42.2 Å². The summed E-state index contributed by atoms with van der Waals surface area (Å²) in [4.78, 5) is 15.5. The number of aromatic nitrogens is 4. The van der Waals surface area contributed by atoms with Crippen LogP contribution < -0.4 is 10.6 Å². The van der Waals surface area contributed by atoms with Crippen molar-refractivity contribution in [1.82, 2.24) is 19.5 Å². The van der Waals surface area contributed by atoms with Crippen molar-refractivity contribution in [3.63, 3.8) is 0 Å². The number of hydrogen-bond acceptors (Lipinski definition) is 6. The van der Waals surface area contributed by atoms with E-state index in [-0.39, 0.29) is 18.4 Å². The average molecular weight is 517 g/mol. The van der Waals surface area contributed by atoms with Gasteiger partial charge in [0.2, 0.25) is 5.95 Å². The molecule has 1 aliphatic rings. The van der Waals surface area contributed by atoms with Crippen LogP contribution in [0.25, 0.3) is 11.2 Å². The molecule has 1 unspecified atom stereocenters. The van der Waals surface area contributed by atoms with E-state index in [1.807, 2.05) is 4.90 Å². The molecule has 11 heteroatoms. The number of imidazole rings is 1. The van der Waals surface area contributed by atoms with Gasteiger partial charge in [-0.2, -0.15) is 9.97 Å². The van der Waals surface area contributed by atoms with Gasteiger partial charge in [-0.3, -0.25) is 4.21 Å². The van der Waals surface area contributed by atoms with Crippen LogP contribution in [0.4, 0.5) is 20.5 Å². The van der Waals surface area contributed by atoms with E-state index in [9.17, 15) is 8.60 Å². The summed E-state index contributed by atoms with van der Waals surface area (Å²) in [5, 5.41) is 0.476. The first kappa shape index (κ1) is 23.5. The lowest BCUT2D eigenvalue weighted by atomic mass is 9.87. The standard InChI is InChI=1S/C24H23ClF2N6OS/c1-32-14-29-22-20(32)21(28)30-23(31-22)33-11-9-24(10-12-33,18-13-16(26)5-8-19(18)27)35(2,34)17-6-3-15(25)4-7-17/h3-8,13-14H,2,9-12H2,1H3,(H2,28,30,31). The average Bonchev–Trinajstić information content (AvgIpc) is 3.22. The highest BCUT2D eigenvalue weighted by Crippen LogP contribution is 2.46. The summed E-state index contributed by atoms with van der Waals surface area (Å²) in [7, 11) is -1.35. The molecule has 1 saturated heterocycles. The van der Waals surface area contributed by atoms with E-state index in [0.717, 1.165) is 18.2 Å². The summed E-state index contributed by atoms with van der Waals surface area (Å²) in [6.07, 6.45) is 2.06. The van der Waals surface area contributed by atoms with Crippen LogP contribution >= 0.6 is 11.6 Å². The second-order valence-electron chi connectivity index (χ2n) is 8.67. The minimum atomic E-state index is -3.15. The summed E-state index contributed by atoms with van der Waals surface area (Å²) in [6, 6.07) is 9.72. The maximum Gasteiger partial charge on any atom is 0.229 e. The van der Waals surface area contributed by atoms with Gasteiger partial charge in [0.15, 0.2) is 11.5 Å². The second-order valence-corrected chi connectivity index (χ2v) is 11.7. The van der Waals surface area contributed by atoms with Crippen molar-refractivity contribution >= 4 is 49.9 Å². The molecule has 2 aromatic heterocycles. The number of anilines is 2. The van der Waals surface area contributed by atoms with Gasteiger partial charge in [0.05, 0.1) is 11.1 Å². The molecule has 5 rings (SSSR count). The molecule has 2 N–H and O–H groups in total. The van der Waals surface area contributed by atoms with Crippen LogP contribution in [-0.2, 0) is 21.3 Å². The Morgan fingerprint density at radius 3 is 2.49 bits per heavy atom. The monoisotopic (exact) mass is 516 g/mol. The number of hydrogen-bond donors (Lipinski definition) is 1. The zero-order valence-electron chi connectivity index (χ0n) is 18.9.